The van der Waals surface area contributed by atoms with Gasteiger partial charge in [0.25, 0.3) is 11.6 Å². The van der Waals surface area contributed by atoms with Gasteiger partial charge in [0.1, 0.15) is 5.56 Å². The first-order chi connectivity index (χ1) is 13.7. The summed E-state index contributed by atoms with van der Waals surface area (Å²) in [6.07, 6.45) is 1.75. The van der Waals surface area contributed by atoms with Crippen LogP contribution < -0.4 is 10.6 Å². The number of rotatable bonds is 6. The van der Waals surface area contributed by atoms with Crippen LogP contribution in [0, 0.1) is 24.0 Å². The molecule has 0 aliphatic carbocycles. The number of nitro benzene ring substituents is 1. The monoisotopic (exact) mass is 417 g/mol. The zero-order chi connectivity index (χ0) is 21.6. The van der Waals surface area contributed by atoms with Gasteiger partial charge in [0.05, 0.1) is 4.92 Å². The summed E-state index contributed by atoms with van der Waals surface area (Å²) >= 11 is 1.29. The van der Waals surface area contributed by atoms with E-state index in [1.54, 1.807) is 18.4 Å². The number of nitrogens with zero attached hydrogens (tertiary/aromatic N) is 1. The van der Waals surface area contributed by atoms with Crippen LogP contribution in [0.4, 0.5) is 16.2 Å². The van der Waals surface area contributed by atoms with Gasteiger partial charge in [0.15, 0.2) is 6.61 Å². The second-order valence-electron chi connectivity index (χ2n) is 6.02. The van der Waals surface area contributed by atoms with E-state index in [4.69, 9.17) is 4.74 Å². The average molecular weight is 417 g/mol. The Morgan fingerprint density at radius 1 is 1.10 bits per heavy atom. The molecule has 3 amide bonds. The predicted molar refractivity (Wildman–Crippen MR) is 108 cm³/mol. The molecule has 0 aliphatic heterocycles. The van der Waals surface area contributed by atoms with Gasteiger partial charge < -0.3 is 10.1 Å². The zero-order valence-electron chi connectivity index (χ0n) is 16.0. The molecular weight excluding hydrogens is 398 g/mol. The summed E-state index contributed by atoms with van der Waals surface area (Å²) in [5, 5.41) is 15.6. The highest BCUT2D eigenvalue weighted by molar-refractivity contribution is 7.98. The fourth-order valence-electron chi connectivity index (χ4n) is 2.32. The molecular formula is C19H19N3O6S. The molecule has 0 aromatic heterocycles. The third kappa shape index (κ3) is 6.04. The molecule has 2 rings (SSSR count). The Morgan fingerprint density at radius 3 is 2.45 bits per heavy atom. The lowest BCUT2D eigenvalue weighted by molar-refractivity contribution is -0.385. The van der Waals surface area contributed by atoms with E-state index in [0.717, 1.165) is 11.1 Å². The number of nitro groups is 1. The minimum absolute atomic E-state index is 0.269. The highest BCUT2D eigenvalue weighted by Crippen LogP contribution is 2.25. The molecule has 0 unspecified atom stereocenters. The van der Waals surface area contributed by atoms with Gasteiger partial charge in [-0.1, -0.05) is 6.07 Å². The van der Waals surface area contributed by atoms with E-state index in [9.17, 15) is 24.5 Å². The normalized spacial score (nSPS) is 10.2. The number of benzene rings is 2. The van der Waals surface area contributed by atoms with Crippen molar-refractivity contribution in [3.8, 4) is 0 Å². The summed E-state index contributed by atoms with van der Waals surface area (Å²) < 4.78 is 4.82. The molecule has 10 heteroatoms. The topological polar surface area (TPSA) is 128 Å². The second-order valence-corrected chi connectivity index (χ2v) is 6.90. The number of carbonyl (C=O) groups excluding carboxylic acids is 3. The van der Waals surface area contributed by atoms with Crippen molar-refractivity contribution in [2.24, 2.45) is 0 Å². The van der Waals surface area contributed by atoms with Crippen LogP contribution in [0.3, 0.4) is 0 Å². The highest BCUT2D eigenvalue weighted by atomic mass is 32.2. The molecule has 0 atom stereocenters. The number of nitrogens with one attached hydrogen (secondary N) is 2. The van der Waals surface area contributed by atoms with Gasteiger partial charge in [0.2, 0.25) is 0 Å². The molecule has 152 valence electrons. The number of imide groups is 1. The predicted octanol–water partition coefficient (Wildman–Crippen LogP) is 3.44. The number of amides is 3. The molecule has 0 aliphatic rings. The maximum Gasteiger partial charge on any atom is 0.345 e. The SMILES string of the molecule is CSc1ccc([N+](=O)[O-])c(C(=O)OCC(=O)NC(=O)Nc2ccc(C)c(C)c2)c1. The van der Waals surface area contributed by atoms with E-state index in [1.165, 1.54) is 30.0 Å². The summed E-state index contributed by atoms with van der Waals surface area (Å²) in [5.41, 5.74) is 1.82. The Labute approximate surface area is 171 Å². The number of hydrogen-bond donors (Lipinski definition) is 2. The minimum atomic E-state index is -1.03. The lowest BCUT2D eigenvalue weighted by atomic mass is 10.1. The number of hydrogen-bond acceptors (Lipinski definition) is 7. The third-order valence-electron chi connectivity index (χ3n) is 3.97. The third-order valence-corrected chi connectivity index (χ3v) is 4.70. The van der Waals surface area contributed by atoms with E-state index in [0.29, 0.717) is 10.6 Å². The van der Waals surface area contributed by atoms with Crippen molar-refractivity contribution < 1.29 is 24.0 Å². The molecule has 29 heavy (non-hydrogen) atoms. The maximum atomic E-state index is 12.2. The summed E-state index contributed by atoms with van der Waals surface area (Å²) in [4.78, 5) is 46.9. The van der Waals surface area contributed by atoms with Crippen LogP contribution in [0.2, 0.25) is 0 Å². The first kappa shape index (κ1) is 21.9. The van der Waals surface area contributed by atoms with Crippen LogP contribution >= 0.6 is 11.8 Å². The molecule has 0 fully saturated rings. The lowest BCUT2D eigenvalue weighted by Gasteiger charge is -2.09. The van der Waals surface area contributed by atoms with Crippen LogP contribution in [0.25, 0.3) is 0 Å². The van der Waals surface area contributed by atoms with Gasteiger partial charge in [0, 0.05) is 16.6 Å². The Balaban J connectivity index is 1.94. The fourth-order valence-corrected chi connectivity index (χ4v) is 2.76. The summed E-state index contributed by atoms with van der Waals surface area (Å²) in [6.45, 7) is 3.05. The largest absolute Gasteiger partial charge is 0.452 e. The van der Waals surface area contributed by atoms with E-state index >= 15 is 0 Å². The standard InChI is InChI=1S/C19H19N3O6S/c1-11-4-5-13(8-12(11)2)20-19(25)21-17(23)10-28-18(24)15-9-14(29-3)6-7-16(15)22(26)27/h4-9H,10H2,1-3H3,(H2,20,21,23,25). The zero-order valence-corrected chi connectivity index (χ0v) is 16.8. The molecule has 2 aromatic rings. The Kier molecular flexibility index (Phi) is 7.32. The van der Waals surface area contributed by atoms with Gasteiger partial charge in [-0.15, -0.1) is 11.8 Å². The highest BCUT2D eigenvalue weighted by Gasteiger charge is 2.23. The first-order valence-electron chi connectivity index (χ1n) is 8.39. The van der Waals surface area contributed by atoms with Crippen molar-refractivity contribution >= 4 is 41.0 Å². The Hall–Kier alpha value is -3.40. The quantitative estimate of drug-likeness (QED) is 0.319. The van der Waals surface area contributed by atoms with Crippen LogP contribution in [0.5, 0.6) is 0 Å². The summed E-state index contributed by atoms with van der Waals surface area (Å²) in [6, 6.07) is 8.48. The van der Waals surface area contributed by atoms with Crippen molar-refractivity contribution in [3.63, 3.8) is 0 Å². The van der Waals surface area contributed by atoms with Crippen molar-refractivity contribution in [1.82, 2.24) is 5.32 Å². The average Bonchev–Trinajstić information content (AvgIpc) is 2.68. The molecule has 2 aromatic carbocycles. The maximum absolute atomic E-state index is 12.2. The van der Waals surface area contributed by atoms with Gasteiger partial charge in [-0.25, -0.2) is 9.59 Å². The summed E-state index contributed by atoms with van der Waals surface area (Å²) in [7, 11) is 0. The molecule has 0 saturated carbocycles. The molecule has 0 heterocycles. The van der Waals surface area contributed by atoms with Crippen molar-refractivity contribution in [2.75, 3.05) is 18.2 Å². The molecule has 0 spiro atoms. The van der Waals surface area contributed by atoms with Crippen molar-refractivity contribution in [2.45, 2.75) is 18.7 Å². The van der Waals surface area contributed by atoms with E-state index in [2.05, 4.69) is 5.32 Å². The lowest BCUT2D eigenvalue weighted by Crippen LogP contribution is -2.37. The van der Waals surface area contributed by atoms with Gasteiger partial charge in [-0.05, 0) is 55.5 Å². The van der Waals surface area contributed by atoms with E-state index in [-0.39, 0.29) is 5.56 Å². The van der Waals surface area contributed by atoms with Crippen LogP contribution in [-0.4, -0.2) is 35.7 Å². The molecule has 2 N–H and O–H groups in total. The number of aryl methyl sites for hydroxylation is 2. The van der Waals surface area contributed by atoms with E-state index < -0.39 is 35.1 Å². The number of esters is 1. The summed E-state index contributed by atoms with van der Waals surface area (Å²) in [5.74, 6) is -1.90. The number of urea groups is 1. The van der Waals surface area contributed by atoms with Crippen LogP contribution in [-0.2, 0) is 9.53 Å². The van der Waals surface area contributed by atoms with Gasteiger partial charge >= 0.3 is 12.0 Å². The smallest absolute Gasteiger partial charge is 0.345 e. The van der Waals surface area contributed by atoms with Crippen molar-refractivity contribution in [3.05, 3.63) is 63.2 Å². The fraction of sp³-hybridized carbons (Fsp3) is 0.211. The number of ether oxygens (including phenoxy) is 1. The number of anilines is 1. The van der Waals surface area contributed by atoms with Crippen molar-refractivity contribution in [1.29, 1.82) is 0 Å². The Morgan fingerprint density at radius 2 is 1.83 bits per heavy atom. The van der Waals surface area contributed by atoms with E-state index in [1.807, 2.05) is 25.2 Å². The number of carbonyl (C=O) groups is 3. The molecule has 0 bridgehead atoms. The minimum Gasteiger partial charge on any atom is -0.452 e. The second kappa shape index (κ2) is 9.69. The van der Waals surface area contributed by atoms with Gasteiger partial charge in [-0.3, -0.25) is 20.2 Å². The van der Waals surface area contributed by atoms with Crippen LogP contribution in [0.1, 0.15) is 21.5 Å². The molecule has 0 radical (unpaired) electrons. The van der Waals surface area contributed by atoms with Crippen LogP contribution in [0.15, 0.2) is 41.3 Å². The number of thioether (sulfide) groups is 1. The molecule has 0 saturated heterocycles. The molecule has 9 nitrogen and oxygen atoms in total. The van der Waals surface area contributed by atoms with Gasteiger partial charge in [-0.2, -0.15) is 0 Å². The Bertz CT molecular complexity index is 976. The first-order valence-corrected chi connectivity index (χ1v) is 9.61.